The van der Waals surface area contributed by atoms with Gasteiger partial charge < -0.3 is 23.9 Å². The lowest BCUT2D eigenvalue weighted by atomic mass is 9.66. The highest BCUT2D eigenvalue weighted by molar-refractivity contribution is 6.48. The number of aliphatic carboxylic acids is 1. The lowest BCUT2D eigenvalue weighted by Gasteiger charge is -2.32. The maximum absolute atomic E-state index is 11.4. The Morgan fingerprint density at radius 2 is 1.76 bits per heavy atom. The van der Waals surface area contributed by atoms with Crippen molar-refractivity contribution in [3.05, 3.63) is 22.7 Å². The van der Waals surface area contributed by atoms with E-state index in [0.29, 0.717) is 22.1 Å². The number of carboxylic acids is 1. The van der Waals surface area contributed by atoms with Crippen LogP contribution in [-0.4, -0.2) is 43.6 Å². The molecule has 0 aliphatic carbocycles. The molecule has 0 amide bonds. The van der Waals surface area contributed by atoms with Crippen LogP contribution in [0, 0.1) is 0 Å². The molecule has 1 unspecified atom stereocenters. The first kappa shape index (κ1) is 19.9. The van der Waals surface area contributed by atoms with Crippen molar-refractivity contribution in [3.8, 4) is 11.5 Å². The van der Waals surface area contributed by atoms with Gasteiger partial charge in [0.2, 0.25) is 0 Å². The third-order valence-electron chi connectivity index (χ3n) is 4.91. The Labute approximate surface area is 153 Å². The lowest BCUT2D eigenvalue weighted by molar-refractivity contribution is -0.137. The fourth-order valence-electron chi connectivity index (χ4n) is 2.78. The summed E-state index contributed by atoms with van der Waals surface area (Å²) in [5.74, 6) is -0.732. The molecule has 1 saturated heterocycles. The zero-order chi connectivity index (χ0) is 19.0. The molecule has 0 saturated carbocycles. The topological polar surface area (TPSA) is 74.2 Å². The second kappa shape index (κ2) is 7.06. The molecule has 0 bridgehead atoms. The molecule has 6 nitrogen and oxygen atoms in total. The van der Waals surface area contributed by atoms with E-state index < -0.39 is 30.1 Å². The molecular weight excluding hydrogens is 346 g/mol. The zero-order valence-corrected chi connectivity index (χ0v) is 16.1. The van der Waals surface area contributed by atoms with E-state index in [9.17, 15) is 9.90 Å². The summed E-state index contributed by atoms with van der Waals surface area (Å²) in [6.07, 6.45) is -0.188. The third-order valence-corrected chi connectivity index (χ3v) is 5.30. The van der Waals surface area contributed by atoms with Gasteiger partial charge in [0.15, 0.2) is 11.5 Å². The summed E-state index contributed by atoms with van der Waals surface area (Å²) in [6, 6.07) is 3.42. The molecule has 1 heterocycles. The SMILES string of the molecule is COc1ccc(C(CC(=O)O)B2OC(C)(C)C(C)(C)O2)c(Cl)c1OC. The first-order chi connectivity index (χ1) is 11.5. The molecule has 8 heteroatoms. The third kappa shape index (κ3) is 3.73. The van der Waals surface area contributed by atoms with Crippen molar-refractivity contribution in [2.45, 2.75) is 51.1 Å². The highest BCUT2D eigenvalue weighted by Crippen LogP contribution is 2.46. The Hall–Kier alpha value is -1.44. The van der Waals surface area contributed by atoms with Crippen LogP contribution in [0.25, 0.3) is 0 Å². The van der Waals surface area contributed by atoms with Crippen molar-refractivity contribution in [2.75, 3.05) is 14.2 Å². The Bertz CT molecular complexity index is 645. The van der Waals surface area contributed by atoms with Gasteiger partial charge in [-0.15, -0.1) is 0 Å². The maximum Gasteiger partial charge on any atom is 0.466 e. The maximum atomic E-state index is 11.4. The summed E-state index contributed by atoms with van der Waals surface area (Å²) >= 11 is 6.48. The largest absolute Gasteiger partial charge is 0.493 e. The van der Waals surface area contributed by atoms with Gasteiger partial charge in [0.05, 0.1) is 36.9 Å². The first-order valence-electron chi connectivity index (χ1n) is 8.02. The Morgan fingerprint density at radius 3 is 2.20 bits per heavy atom. The quantitative estimate of drug-likeness (QED) is 0.772. The van der Waals surface area contributed by atoms with Crippen LogP contribution < -0.4 is 9.47 Å². The number of rotatable bonds is 6. The van der Waals surface area contributed by atoms with Gasteiger partial charge in [0.25, 0.3) is 0 Å². The van der Waals surface area contributed by atoms with E-state index in [4.69, 9.17) is 30.4 Å². The van der Waals surface area contributed by atoms with Crippen molar-refractivity contribution in [2.24, 2.45) is 0 Å². The number of carboxylic acid groups (broad SMARTS) is 1. The molecule has 2 rings (SSSR count). The minimum absolute atomic E-state index is 0.188. The van der Waals surface area contributed by atoms with Crippen LogP contribution in [0.15, 0.2) is 12.1 Å². The highest BCUT2D eigenvalue weighted by Gasteiger charge is 2.54. The molecule has 0 aromatic heterocycles. The summed E-state index contributed by atoms with van der Waals surface area (Å²) < 4.78 is 22.7. The molecule has 25 heavy (non-hydrogen) atoms. The van der Waals surface area contributed by atoms with E-state index >= 15 is 0 Å². The van der Waals surface area contributed by atoms with Crippen LogP contribution in [0.3, 0.4) is 0 Å². The van der Waals surface area contributed by atoms with Crippen molar-refractivity contribution >= 4 is 24.7 Å². The zero-order valence-electron chi connectivity index (χ0n) is 15.4. The molecule has 1 aliphatic heterocycles. The minimum Gasteiger partial charge on any atom is -0.493 e. The molecule has 0 radical (unpaired) electrons. The van der Waals surface area contributed by atoms with E-state index in [2.05, 4.69) is 0 Å². The average molecular weight is 371 g/mol. The standard InChI is InChI=1S/C17H24BClO6/c1-16(2)17(3,4)25-18(24-16)11(9-13(20)21)10-7-8-12(22-5)15(23-6)14(10)19/h7-8,11H,9H2,1-6H3,(H,20,21). The molecule has 138 valence electrons. The van der Waals surface area contributed by atoms with Crippen LogP contribution in [0.4, 0.5) is 0 Å². The van der Waals surface area contributed by atoms with Crippen LogP contribution in [0.5, 0.6) is 11.5 Å². The molecule has 1 N–H and O–H groups in total. The fourth-order valence-corrected chi connectivity index (χ4v) is 3.16. The van der Waals surface area contributed by atoms with Crippen LogP contribution in [0.1, 0.15) is 45.5 Å². The second-order valence-corrected chi connectivity index (χ2v) is 7.41. The van der Waals surface area contributed by atoms with Gasteiger partial charge in [-0.25, -0.2) is 0 Å². The Balaban J connectivity index is 2.48. The van der Waals surface area contributed by atoms with Crippen molar-refractivity contribution < 1.29 is 28.7 Å². The number of hydrogen-bond donors (Lipinski definition) is 1. The van der Waals surface area contributed by atoms with E-state index in [1.165, 1.54) is 14.2 Å². The first-order valence-corrected chi connectivity index (χ1v) is 8.39. The van der Waals surface area contributed by atoms with Gasteiger partial charge in [0.1, 0.15) is 0 Å². The number of methoxy groups -OCH3 is 2. The molecule has 1 aromatic carbocycles. The number of hydrogen-bond acceptors (Lipinski definition) is 5. The van der Waals surface area contributed by atoms with Gasteiger partial charge in [-0.2, -0.15) is 0 Å². The molecule has 1 atom stereocenters. The summed E-state index contributed by atoms with van der Waals surface area (Å²) in [5, 5.41) is 9.67. The van der Waals surface area contributed by atoms with E-state index in [1.54, 1.807) is 12.1 Å². The van der Waals surface area contributed by atoms with Crippen molar-refractivity contribution in [1.29, 1.82) is 0 Å². The second-order valence-electron chi connectivity index (χ2n) is 7.03. The fraction of sp³-hybridized carbons (Fsp3) is 0.588. The van der Waals surface area contributed by atoms with Crippen LogP contribution >= 0.6 is 11.6 Å². The van der Waals surface area contributed by atoms with Gasteiger partial charge >= 0.3 is 13.1 Å². The summed E-state index contributed by atoms with van der Waals surface area (Å²) in [5.41, 5.74) is -0.560. The molecule has 1 aromatic rings. The van der Waals surface area contributed by atoms with E-state index in [-0.39, 0.29) is 6.42 Å². The Kier molecular flexibility index (Phi) is 5.61. The predicted octanol–water partition coefficient (Wildman–Crippen LogP) is 3.55. The number of halogens is 1. The molecular formula is C17H24BClO6. The number of carbonyl (C=O) groups is 1. The number of ether oxygens (including phenoxy) is 2. The van der Waals surface area contributed by atoms with Crippen molar-refractivity contribution in [1.82, 2.24) is 0 Å². The summed E-state index contributed by atoms with van der Waals surface area (Å²) in [4.78, 5) is 11.4. The van der Waals surface area contributed by atoms with E-state index in [0.717, 1.165) is 0 Å². The van der Waals surface area contributed by atoms with Crippen LogP contribution in [0.2, 0.25) is 5.02 Å². The molecule has 0 spiro atoms. The van der Waals surface area contributed by atoms with Crippen LogP contribution in [-0.2, 0) is 14.1 Å². The minimum atomic E-state index is -0.967. The van der Waals surface area contributed by atoms with Gasteiger partial charge in [-0.1, -0.05) is 17.7 Å². The number of benzene rings is 1. The summed E-state index contributed by atoms with van der Waals surface area (Å²) in [6.45, 7) is 7.67. The van der Waals surface area contributed by atoms with Gasteiger partial charge in [-0.05, 0) is 39.3 Å². The highest BCUT2D eigenvalue weighted by atomic mass is 35.5. The summed E-state index contributed by atoms with van der Waals surface area (Å²) in [7, 11) is 2.25. The normalized spacial score (nSPS) is 19.6. The predicted molar refractivity (Wildman–Crippen MR) is 95.6 cm³/mol. The monoisotopic (exact) mass is 370 g/mol. The van der Waals surface area contributed by atoms with Crippen molar-refractivity contribution in [3.63, 3.8) is 0 Å². The van der Waals surface area contributed by atoms with E-state index in [1.807, 2.05) is 27.7 Å². The molecule has 1 aliphatic rings. The smallest absolute Gasteiger partial charge is 0.466 e. The van der Waals surface area contributed by atoms with Gasteiger partial charge in [-0.3, -0.25) is 4.79 Å². The van der Waals surface area contributed by atoms with Gasteiger partial charge in [0, 0.05) is 5.82 Å². The molecule has 1 fully saturated rings. The lowest BCUT2D eigenvalue weighted by Crippen LogP contribution is -2.41. The average Bonchev–Trinajstić information content (AvgIpc) is 2.72. The Morgan fingerprint density at radius 1 is 1.20 bits per heavy atom.